The number of anilines is 2. The van der Waals surface area contributed by atoms with E-state index in [2.05, 4.69) is 26.6 Å². The van der Waals surface area contributed by atoms with Gasteiger partial charge < -0.3 is 14.8 Å². The summed E-state index contributed by atoms with van der Waals surface area (Å²) >= 11 is 3.40. The summed E-state index contributed by atoms with van der Waals surface area (Å²) in [6.45, 7) is 3.87. The number of barbiturate groups is 1. The molecule has 0 radical (unpaired) electrons. The second-order valence-corrected chi connectivity index (χ2v) is 11.0. The molecule has 2 N–H and O–H groups in total. The first-order valence-electron chi connectivity index (χ1n) is 13.7. The highest BCUT2D eigenvalue weighted by atomic mass is 79.9. The molecule has 5 rings (SSSR count). The van der Waals surface area contributed by atoms with Gasteiger partial charge in [0, 0.05) is 15.7 Å². The molecule has 9 nitrogen and oxygen atoms in total. The third kappa shape index (κ3) is 7.22. The number of benzene rings is 4. The van der Waals surface area contributed by atoms with Gasteiger partial charge in [0.25, 0.3) is 17.7 Å². The lowest BCUT2D eigenvalue weighted by atomic mass is 10.1. The molecule has 0 aromatic heterocycles. The van der Waals surface area contributed by atoms with E-state index >= 15 is 0 Å². The van der Waals surface area contributed by atoms with Gasteiger partial charge in [-0.3, -0.25) is 19.7 Å². The summed E-state index contributed by atoms with van der Waals surface area (Å²) in [5.41, 5.74) is 3.92. The van der Waals surface area contributed by atoms with Gasteiger partial charge in [-0.15, -0.1) is 0 Å². The molecule has 1 aliphatic rings. The van der Waals surface area contributed by atoms with Crippen molar-refractivity contribution >= 4 is 57.1 Å². The van der Waals surface area contributed by atoms with E-state index in [-0.39, 0.29) is 29.5 Å². The topological polar surface area (TPSA) is 114 Å². The number of rotatable bonds is 9. The highest BCUT2D eigenvalue weighted by molar-refractivity contribution is 9.10. The van der Waals surface area contributed by atoms with E-state index in [1.165, 1.54) is 6.08 Å². The van der Waals surface area contributed by atoms with E-state index in [4.69, 9.17) is 9.47 Å². The summed E-state index contributed by atoms with van der Waals surface area (Å²) in [7, 11) is 0. The second-order valence-electron chi connectivity index (χ2n) is 10.1. The first-order valence-corrected chi connectivity index (χ1v) is 14.4. The van der Waals surface area contributed by atoms with Crippen molar-refractivity contribution in [3.05, 3.63) is 123 Å². The normalized spacial score (nSPS) is 13.9. The molecule has 1 fully saturated rings. The molecule has 0 saturated carbocycles. The molecule has 44 heavy (non-hydrogen) atoms. The number of carbonyl (C=O) groups excluding carboxylic acids is 4. The van der Waals surface area contributed by atoms with Crippen molar-refractivity contribution in [2.24, 2.45) is 0 Å². The van der Waals surface area contributed by atoms with Crippen LogP contribution in [0.4, 0.5) is 16.2 Å². The monoisotopic (exact) mass is 653 g/mol. The van der Waals surface area contributed by atoms with Crippen molar-refractivity contribution in [2.45, 2.75) is 20.5 Å². The van der Waals surface area contributed by atoms with E-state index in [0.29, 0.717) is 28.1 Å². The third-order valence-electron chi connectivity index (χ3n) is 6.74. The van der Waals surface area contributed by atoms with E-state index in [9.17, 15) is 19.2 Å². The smallest absolute Gasteiger partial charge is 0.335 e. The number of amides is 5. The van der Waals surface area contributed by atoms with Crippen molar-refractivity contribution in [3.63, 3.8) is 0 Å². The molecule has 0 atom stereocenters. The maximum absolute atomic E-state index is 13.5. The average molecular weight is 655 g/mol. The first-order chi connectivity index (χ1) is 21.2. The summed E-state index contributed by atoms with van der Waals surface area (Å²) in [6.07, 6.45) is 1.33. The van der Waals surface area contributed by atoms with Gasteiger partial charge in [-0.05, 0) is 85.1 Å². The minimum absolute atomic E-state index is 0.256. The first kappa shape index (κ1) is 30.2. The maximum Gasteiger partial charge on any atom is 0.335 e. The Morgan fingerprint density at radius 2 is 1.66 bits per heavy atom. The number of ether oxygens (including phenoxy) is 2. The zero-order valence-corrected chi connectivity index (χ0v) is 25.5. The molecule has 1 heterocycles. The molecule has 222 valence electrons. The quantitative estimate of drug-likeness (QED) is 0.161. The maximum atomic E-state index is 13.5. The SMILES string of the molecule is Cc1ccc(C)c(NC(=O)COc2ccc(Br)cc2/C=C2/C(=O)NC(=O)N(c3ccc(OCc4ccccc4)cc3)C2=O)c1. The van der Waals surface area contributed by atoms with Crippen LogP contribution in [0.1, 0.15) is 22.3 Å². The zero-order valence-electron chi connectivity index (χ0n) is 23.9. The highest BCUT2D eigenvalue weighted by Crippen LogP contribution is 2.29. The fraction of sp³-hybridized carbons (Fsp3) is 0.118. The van der Waals surface area contributed by atoms with E-state index in [1.807, 2.05) is 62.4 Å². The number of aryl methyl sites for hydroxylation is 2. The number of nitrogens with one attached hydrogen (secondary N) is 2. The molecule has 5 amide bonds. The Hall–Kier alpha value is -5.22. The summed E-state index contributed by atoms with van der Waals surface area (Å²) in [6, 6.07) is 25.9. The molecule has 4 aromatic carbocycles. The molecule has 4 aromatic rings. The number of hydrogen-bond donors (Lipinski definition) is 2. The van der Waals surface area contributed by atoms with Gasteiger partial charge >= 0.3 is 6.03 Å². The van der Waals surface area contributed by atoms with Crippen LogP contribution in [0, 0.1) is 13.8 Å². The van der Waals surface area contributed by atoms with Crippen molar-refractivity contribution in [1.82, 2.24) is 5.32 Å². The van der Waals surface area contributed by atoms with Crippen molar-refractivity contribution in [3.8, 4) is 11.5 Å². The average Bonchev–Trinajstić information content (AvgIpc) is 3.00. The zero-order chi connectivity index (χ0) is 31.2. The Bertz CT molecular complexity index is 1770. The van der Waals surface area contributed by atoms with Crippen molar-refractivity contribution in [2.75, 3.05) is 16.8 Å². The summed E-state index contributed by atoms with van der Waals surface area (Å²) in [5, 5.41) is 5.06. The van der Waals surface area contributed by atoms with Crippen LogP contribution < -0.4 is 25.0 Å². The Labute approximate surface area is 262 Å². The van der Waals surface area contributed by atoms with Crippen LogP contribution in [0.2, 0.25) is 0 Å². The van der Waals surface area contributed by atoms with E-state index in [1.54, 1.807) is 42.5 Å². The van der Waals surface area contributed by atoms with Crippen LogP contribution in [0.3, 0.4) is 0 Å². The second kappa shape index (κ2) is 13.4. The van der Waals surface area contributed by atoms with Crippen LogP contribution in [0.5, 0.6) is 11.5 Å². The molecule has 0 aliphatic carbocycles. The van der Waals surface area contributed by atoms with Gasteiger partial charge in [-0.1, -0.05) is 58.4 Å². The minimum atomic E-state index is -0.871. The lowest BCUT2D eigenvalue weighted by Gasteiger charge is -2.26. The van der Waals surface area contributed by atoms with Gasteiger partial charge in [-0.25, -0.2) is 9.69 Å². The molecule has 10 heteroatoms. The largest absolute Gasteiger partial charge is 0.489 e. The Balaban J connectivity index is 1.32. The molecule has 1 saturated heterocycles. The molecule has 0 bridgehead atoms. The Morgan fingerprint density at radius 3 is 2.41 bits per heavy atom. The molecule has 1 aliphatic heterocycles. The van der Waals surface area contributed by atoms with Gasteiger partial charge in [-0.2, -0.15) is 0 Å². The number of nitrogens with zero attached hydrogens (tertiary/aromatic N) is 1. The predicted molar refractivity (Wildman–Crippen MR) is 170 cm³/mol. The fourth-order valence-corrected chi connectivity index (χ4v) is 4.82. The summed E-state index contributed by atoms with van der Waals surface area (Å²) in [5.74, 6) is -1.22. The van der Waals surface area contributed by atoms with Crippen LogP contribution in [-0.4, -0.2) is 30.4 Å². The summed E-state index contributed by atoms with van der Waals surface area (Å²) in [4.78, 5) is 52.6. The fourth-order valence-electron chi connectivity index (χ4n) is 4.44. The molecular formula is C34H28BrN3O6. The Kier molecular flexibility index (Phi) is 9.20. The lowest BCUT2D eigenvalue weighted by Crippen LogP contribution is -2.54. The third-order valence-corrected chi connectivity index (χ3v) is 7.24. The van der Waals surface area contributed by atoms with Crippen LogP contribution in [0.25, 0.3) is 6.08 Å². The lowest BCUT2D eigenvalue weighted by molar-refractivity contribution is -0.122. The van der Waals surface area contributed by atoms with Crippen LogP contribution in [0.15, 0.2) is 101 Å². The predicted octanol–water partition coefficient (Wildman–Crippen LogP) is 6.33. The number of imide groups is 2. The standard InChI is InChI=1S/C34H28BrN3O6/c1-21-8-9-22(2)29(16-21)36-31(39)20-44-30-15-10-25(35)17-24(30)18-28-32(40)37-34(42)38(33(28)41)26-11-13-27(14-12-26)43-19-23-6-4-3-5-7-23/h3-18H,19-20H2,1-2H3,(H,36,39)(H,37,40,42)/b28-18-. The minimum Gasteiger partial charge on any atom is -0.489 e. The van der Waals surface area contributed by atoms with Gasteiger partial charge in [0.15, 0.2) is 6.61 Å². The van der Waals surface area contributed by atoms with Crippen molar-refractivity contribution in [1.29, 1.82) is 0 Å². The number of urea groups is 1. The van der Waals surface area contributed by atoms with Gasteiger partial charge in [0.2, 0.25) is 0 Å². The highest BCUT2D eigenvalue weighted by Gasteiger charge is 2.37. The van der Waals surface area contributed by atoms with E-state index in [0.717, 1.165) is 21.6 Å². The molecule has 0 spiro atoms. The number of carbonyl (C=O) groups is 4. The Morgan fingerprint density at radius 1 is 0.909 bits per heavy atom. The molecule has 0 unspecified atom stereocenters. The van der Waals surface area contributed by atoms with Gasteiger partial charge in [0.1, 0.15) is 23.7 Å². The van der Waals surface area contributed by atoms with Crippen LogP contribution >= 0.6 is 15.9 Å². The van der Waals surface area contributed by atoms with Crippen LogP contribution in [-0.2, 0) is 21.0 Å². The van der Waals surface area contributed by atoms with E-state index < -0.39 is 17.8 Å². The number of halogens is 1. The number of hydrogen-bond acceptors (Lipinski definition) is 6. The van der Waals surface area contributed by atoms with Gasteiger partial charge in [0.05, 0.1) is 5.69 Å². The summed E-state index contributed by atoms with van der Waals surface area (Å²) < 4.78 is 12.2. The van der Waals surface area contributed by atoms with Crippen molar-refractivity contribution < 1.29 is 28.7 Å². The molecular weight excluding hydrogens is 626 g/mol.